The highest BCUT2D eigenvalue weighted by atomic mass is 16.5. The predicted molar refractivity (Wildman–Crippen MR) is 65.0 cm³/mol. The Bertz CT molecular complexity index is 558. The Hall–Kier alpha value is -2.08. The van der Waals surface area contributed by atoms with Gasteiger partial charge in [0.05, 0.1) is 0 Å². The van der Waals surface area contributed by atoms with Gasteiger partial charge in [0.1, 0.15) is 0 Å². The van der Waals surface area contributed by atoms with Crippen molar-refractivity contribution in [1.82, 2.24) is 10.1 Å². The molecular weight excluding hydrogens is 234 g/mol. The number of benzene rings is 1. The zero-order valence-electron chi connectivity index (χ0n) is 10.2. The van der Waals surface area contributed by atoms with E-state index < -0.39 is 5.54 Å². The highest BCUT2D eigenvalue weighted by molar-refractivity contribution is 5.59. The molecule has 0 atom stereocenters. The first-order chi connectivity index (χ1) is 8.35. The van der Waals surface area contributed by atoms with Gasteiger partial charge in [0.25, 0.3) is 0 Å². The van der Waals surface area contributed by atoms with E-state index in [4.69, 9.17) is 10.3 Å². The second-order valence-electron chi connectivity index (χ2n) is 4.88. The average Bonchev–Trinajstić information content (AvgIpc) is 2.68. The first kappa shape index (κ1) is 12.4. The van der Waals surface area contributed by atoms with Gasteiger partial charge in [-0.1, -0.05) is 5.16 Å². The number of hydrogen-bond donors (Lipinski definition) is 3. The number of phenols is 2. The van der Waals surface area contributed by atoms with Crippen molar-refractivity contribution < 1.29 is 14.7 Å². The number of rotatable bonds is 3. The monoisotopic (exact) mass is 249 g/mol. The molecule has 0 spiro atoms. The van der Waals surface area contributed by atoms with Gasteiger partial charge in [-0.05, 0) is 32.0 Å². The van der Waals surface area contributed by atoms with Gasteiger partial charge < -0.3 is 20.5 Å². The van der Waals surface area contributed by atoms with Gasteiger partial charge >= 0.3 is 0 Å². The van der Waals surface area contributed by atoms with Gasteiger partial charge in [0.15, 0.2) is 11.5 Å². The maximum atomic E-state index is 9.40. The van der Waals surface area contributed by atoms with Crippen LogP contribution in [0.1, 0.15) is 19.7 Å². The first-order valence-corrected chi connectivity index (χ1v) is 5.49. The highest BCUT2D eigenvalue weighted by Crippen LogP contribution is 2.29. The molecule has 0 unspecified atom stereocenters. The van der Waals surface area contributed by atoms with Crippen molar-refractivity contribution in [3.05, 3.63) is 24.1 Å². The van der Waals surface area contributed by atoms with E-state index >= 15 is 0 Å². The Morgan fingerprint density at radius 2 is 2.00 bits per heavy atom. The van der Waals surface area contributed by atoms with Crippen LogP contribution >= 0.6 is 0 Å². The fraction of sp³-hybridized carbons (Fsp3) is 0.333. The van der Waals surface area contributed by atoms with Crippen molar-refractivity contribution in [3.8, 4) is 22.9 Å². The maximum absolute atomic E-state index is 9.40. The van der Waals surface area contributed by atoms with E-state index in [0.29, 0.717) is 23.7 Å². The topological polar surface area (TPSA) is 105 Å². The standard InChI is InChI=1S/C12H15N3O3/c1-12(2,13)6-10-14-11(15-18-10)7-3-4-8(16)9(17)5-7/h3-5,16-17H,6,13H2,1-2H3. The van der Waals surface area contributed by atoms with Crippen molar-refractivity contribution in [2.24, 2.45) is 5.73 Å². The van der Waals surface area contributed by atoms with Crippen LogP contribution in [0.3, 0.4) is 0 Å². The van der Waals surface area contributed by atoms with Crippen LogP contribution in [-0.4, -0.2) is 25.9 Å². The van der Waals surface area contributed by atoms with Crippen LogP contribution in [-0.2, 0) is 6.42 Å². The molecule has 6 nitrogen and oxygen atoms in total. The summed E-state index contributed by atoms with van der Waals surface area (Å²) in [6, 6.07) is 4.34. The summed E-state index contributed by atoms with van der Waals surface area (Å²) in [5, 5.41) is 22.4. The van der Waals surface area contributed by atoms with Crippen LogP contribution in [0, 0.1) is 0 Å². The highest BCUT2D eigenvalue weighted by Gasteiger charge is 2.18. The van der Waals surface area contributed by atoms with Crippen LogP contribution < -0.4 is 5.73 Å². The Balaban J connectivity index is 2.26. The quantitative estimate of drug-likeness (QED) is 0.710. The Labute approximate surface area is 104 Å². The second-order valence-corrected chi connectivity index (χ2v) is 4.88. The molecule has 2 aromatic rings. The lowest BCUT2D eigenvalue weighted by Gasteiger charge is -2.14. The molecule has 0 aliphatic rings. The summed E-state index contributed by atoms with van der Waals surface area (Å²) in [6.07, 6.45) is 0.462. The Kier molecular flexibility index (Phi) is 2.96. The Morgan fingerprint density at radius 3 is 2.61 bits per heavy atom. The van der Waals surface area contributed by atoms with E-state index in [1.807, 2.05) is 13.8 Å². The number of phenolic OH excluding ortho intramolecular Hbond substituents is 2. The van der Waals surface area contributed by atoms with E-state index in [1.54, 1.807) is 6.07 Å². The minimum absolute atomic E-state index is 0.189. The Morgan fingerprint density at radius 1 is 1.28 bits per heavy atom. The number of nitrogens with zero attached hydrogens (tertiary/aromatic N) is 2. The van der Waals surface area contributed by atoms with Gasteiger partial charge in [-0.2, -0.15) is 4.98 Å². The molecular formula is C12H15N3O3. The maximum Gasteiger partial charge on any atom is 0.228 e. The van der Waals surface area contributed by atoms with Gasteiger partial charge in [0.2, 0.25) is 11.7 Å². The summed E-state index contributed by atoms with van der Waals surface area (Å²) in [5.74, 6) is 0.373. The SMILES string of the molecule is CC(C)(N)Cc1nc(-c2ccc(O)c(O)c2)no1. The molecule has 2 rings (SSSR count). The zero-order valence-corrected chi connectivity index (χ0v) is 10.2. The lowest BCUT2D eigenvalue weighted by molar-refractivity contribution is 0.348. The molecule has 0 fully saturated rings. The van der Waals surface area contributed by atoms with E-state index in [-0.39, 0.29) is 11.5 Å². The van der Waals surface area contributed by atoms with E-state index in [0.717, 1.165) is 0 Å². The number of nitrogens with two attached hydrogens (primary N) is 1. The summed E-state index contributed by atoms with van der Waals surface area (Å²) in [4.78, 5) is 4.19. The summed E-state index contributed by atoms with van der Waals surface area (Å²) >= 11 is 0. The van der Waals surface area contributed by atoms with Crippen LogP contribution in [0.25, 0.3) is 11.4 Å². The minimum Gasteiger partial charge on any atom is -0.504 e. The van der Waals surface area contributed by atoms with Crippen LogP contribution in [0.5, 0.6) is 11.5 Å². The summed E-state index contributed by atoms with van der Waals surface area (Å²) in [7, 11) is 0. The largest absolute Gasteiger partial charge is 0.504 e. The molecule has 18 heavy (non-hydrogen) atoms. The molecule has 0 aliphatic heterocycles. The van der Waals surface area contributed by atoms with Crippen LogP contribution in [0.4, 0.5) is 0 Å². The molecule has 1 heterocycles. The lowest BCUT2D eigenvalue weighted by atomic mass is 10.0. The fourth-order valence-corrected chi connectivity index (χ4v) is 1.50. The normalized spacial score (nSPS) is 11.7. The summed E-state index contributed by atoms with van der Waals surface area (Å²) < 4.78 is 5.08. The summed E-state index contributed by atoms with van der Waals surface area (Å²) in [6.45, 7) is 3.73. The van der Waals surface area contributed by atoms with Crippen LogP contribution in [0.2, 0.25) is 0 Å². The molecule has 0 bridgehead atoms. The minimum atomic E-state index is -0.430. The average molecular weight is 249 g/mol. The first-order valence-electron chi connectivity index (χ1n) is 5.49. The lowest BCUT2D eigenvalue weighted by Crippen LogP contribution is -2.34. The van der Waals surface area contributed by atoms with E-state index in [1.165, 1.54) is 12.1 Å². The third kappa shape index (κ3) is 2.78. The molecule has 0 saturated heterocycles. The molecule has 0 aliphatic carbocycles. The van der Waals surface area contributed by atoms with E-state index in [9.17, 15) is 10.2 Å². The van der Waals surface area contributed by atoms with Crippen LogP contribution in [0.15, 0.2) is 22.7 Å². The third-order valence-corrected chi connectivity index (χ3v) is 2.31. The second kappa shape index (κ2) is 4.30. The molecule has 6 heteroatoms. The van der Waals surface area contributed by atoms with Crippen molar-refractivity contribution in [1.29, 1.82) is 0 Å². The molecule has 4 N–H and O–H groups in total. The van der Waals surface area contributed by atoms with Crippen molar-refractivity contribution in [2.45, 2.75) is 25.8 Å². The van der Waals surface area contributed by atoms with Crippen molar-refractivity contribution in [2.75, 3.05) is 0 Å². The van der Waals surface area contributed by atoms with Gasteiger partial charge in [-0.15, -0.1) is 0 Å². The predicted octanol–water partition coefficient (Wildman–Crippen LogP) is 1.43. The molecule has 0 saturated carbocycles. The molecule has 0 amide bonds. The van der Waals surface area contributed by atoms with Gasteiger partial charge in [0, 0.05) is 17.5 Å². The third-order valence-electron chi connectivity index (χ3n) is 2.31. The number of hydrogen-bond acceptors (Lipinski definition) is 6. The van der Waals surface area contributed by atoms with E-state index in [2.05, 4.69) is 10.1 Å². The molecule has 0 radical (unpaired) electrons. The molecule has 1 aromatic heterocycles. The number of aromatic hydroxyl groups is 2. The van der Waals surface area contributed by atoms with Gasteiger partial charge in [-0.3, -0.25) is 0 Å². The van der Waals surface area contributed by atoms with Crippen molar-refractivity contribution in [3.63, 3.8) is 0 Å². The fourth-order valence-electron chi connectivity index (χ4n) is 1.50. The van der Waals surface area contributed by atoms with Gasteiger partial charge in [-0.25, -0.2) is 0 Å². The van der Waals surface area contributed by atoms with Crippen molar-refractivity contribution >= 4 is 0 Å². The number of aromatic nitrogens is 2. The smallest absolute Gasteiger partial charge is 0.228 e. The molecule has 1 aromatic carbocycles. The molecule has 96 valence electrons. The summed E-state index contributed by atoms with van der Waals surface area (Å²) in [5.41, 5.74) is 5.99. The zero-order chi connectivity index (χ0) is 13.3.